The average molecular weight is 163 g/mol. The number of nitrogens with two attached hydrogens (primary N) is 1. The molecule has 0 aromatic rings. The Morgan fingerprint density at radius 1 is 1.55 bits per heavy atom. The highest BCUT2D eigenvalue weighted by molar-refractivity contribution is 5.74. The van der Waals surface area contributed by atoms with E-state index in [0.29, 0.717) is 19.5 Å². The molecule has 0 fully saturated rings. The first-order chi connectivity index (χ1) is 5.31. The van der Waals surface area contributed by atoms with Gasteiger partial charge in [-0.05, 0) is 0 Å². The van der Waals surface area contributed by atoms with Crippen LogP contribution in [0, 0.1) is 0 Å². The first-order valence-corrected chi connectivity index (χ1v) is 3.47. The quantitative estimate of drug-likeness (QED) is 0.303. The normalized spacial score (nSPS) is 8.00. The molecule has 0 rings (SSSR count). The molecule has 0 unspecified atom stereocenters. The maximum Gasteiger partial charge on any atom is 0.233 e. The van der Waals surface area contributed by atoms with E-state index in [9.17, 15) is 4.79 Å². The fourth-order valence-corrected chi connectivity index (χ4v) is 0.322. The minimum Gasteiger partial charge on any atom is -0.400 e. The second-order valence-corrected chi connectivity index (χ2v) is 1.62. The number of aliphatic hydroxyl groups is 1. The van der Waals surface area contributed by atoms with Crippen LogP contribution in [0.1, 0.15) is 13.3 Å². The van der Waals surface area contributed by atoms with Crippen molar-refractivity contribution >= 4 is 5.91 Å². The largest absolute Gasteiger partial charge is 0.400 e. The Labute approximate surface area is 66.9 Å². The van der Waals surface area contributed by atoms with Gasteiger partial charge in [-0.25, -0.2) is 5.43 Å². The van der Waals surface area contributed by atoms with Crippen LogP contribution in [-0.2, 0) is 4.79 Å². The number of rotatable bonds is 4. The van der Waals surface area contributed by atoms with Gasteiger partial charge >= 0.3 is 0 Å². The van der Waals surface area contributed by atoms with Gasteiger partial charge in [0.15, 0.2) is 0 Å². The lowest BCUT2D eigenvalue weighted by atomic mass is 10.5. The standard InChI is InChI=1S/C5H13N3O.CH4O/c1-2-5(9)8-7-4-3-6;1-2/h7H,2-4,6H2,1H3,(H,8,9);2H,1H3. The maximum absolute atomic E-state index is 10.5. The first kappa shape index (κ1) is 13.0. The Bertz CT molecular complexity index is 87.9. The zero-order valence-electron chi connectivity index (χ0n) is 7.05. The zero-order chi connectivity index (χ0) is 9.11. The lowest BCUT2D eigenvalue weighted by Crippen LogP contribution is -2.39. The van der Waals surface area contributed by atoms with Crippen molar-refractivity contribution in [3.05, 3.63) is 0 Å². The summed E-state index contributed by atoms with van der Waals surface area (Å²) < 4.78 is 0. The summed E-state index contributed by atoms with van der Waals surface area (Å²) in [5.41, 5.74) is 10.3. The minimum atomic E-state index is -0.0107. The van der Waals surface area contributed by atoms with Gasteiger partial charge in [0.05, 0.1) is 0 Å². The summed E-state index contributed by atoms with van der Waals surface area (Å²) in [7, 11) is 1.00. The summed E-state index contributed by atoms with van der Waals surface area (Å²) in [6, 6.07) is 0. The first-order valence-electron chi connectivity index (χ1n) is 3.47. The molecular formula is C6H17N3O2. The molecule has 5 N–H and O–H groups in total. The molecule has 0 aliphatic carbocycles. The van der Waals surface area contributed by atoms with Gasteiger partial charge in [-0.3, -0.25) is 10.2 Å². The molecule has 0 spiro atoms. The van der Waals surface area contributed by atoms with Crippen molar-refractivity contribution in [2.75, 3.05) is 20.2 Å². The molecule has 0 saturated heterocycles. The molecule has 68 valence electrons. The summed E-state index contributed by atoms with van der Waals surface area (Å²) in [4.78, 5) is 10.5. The molecule has 0 heterocycles. The van der Waals surface area contributed by atoms with E-state index in [1.54, 1.807) is 6.92 Å². The van der Waals surface area contributed by atoms with Crippen molar-refractivity contribution in [1.29, 1.82) is 0 Å². The van der Waals surface area contributed by atoms with Crippen molar-refractivity contribution in [3.63, 3.8) is 0 Å². The molecule has 0 aromatic heterocycles. The molecule has 0 saturated carbocycles. The van der Waals surface area contributed by atoms with E-state index < -0.39 is 0 Å². The minimum absolute atomic E-state index is 0.0107. The van der Waals surface area contributed by atoms with Crippen molar-refractivity contribution in [1.82, 2.24) is 10.9 Å². The Morgan fingerprint density at radius 3 is 2.45 bits per heavy atom. The summed E-state index contributed by atoms with van der Waals surface area (Å²) in [5, 5.41) is 7.00. The summed E-state index contributed by atoms with van der Waals surface area (Å²) >= 11 is 0. The van der Waals surface area contributed by atoms with Crippen LogP contribution in [0.4, 0.5) is 0 Å². The lowest BCUT2D eigenvalue weighted by molar-refractivity contribution is -0.121. The van der Waals surface area contributed by atoms with Crippen LogP contribution in [0.25, 0.3) is 0 Å². The molecule has 0 aliphatic rings. The van der Waals surface area contributed by atoms with Crippen molar-refractivity contribution in [3.8, 4) is 0 Å². The van der Waals surface area contributed by atoms with Crippen LogP contribution in [-0.4, -0.2) is 31.2 Å². The summed E-state index contributed by atoms with van der Waals surface area (Å²) in [5.74, 6) is -0.0107. The number of carbonyl (C=O) groups is 1. The number of hydrazine groups is 1. The highest BCUT2D eigenvalue weighted by atomic mass is 16.2. The Kier molecular flexibility index (Phi) is 14.2. The predicted octanol–water partition coefficient (Wildman–Crippen LogP) is -1.42. The molecule has 0 bridgehead atoms. The topological polar surface area (TPSA) is 87.4 Å². The number of hydrogen-bond acceptors (Lipinski definition) is 4. The lowest BCUT2D eigenvalue weighted by Gasteiger charge is -2.02. The van der Waals surface area contributed by atoms with Gasteiger partial charge in [-0.1, -0.05) is 6.92 Å². The fourth-order valence-electron chi connectivity index (χ4n) is 0.322. The second-order valence-electron chi connectivity index (χ2n) is 1.62. The number of amides is 1. The van der Waals surface area contributed by atoms with E-state index in [1.165, 1.54) is 0 Å². The fraction of sp³-hybridized carbons (Fsp3) is 0.833. The van der Waals surface area contributed by atoms with Crippen LogP contribution in [0.15, 0.2) is 0 Å². The monoisotopic (exact) mass is 163 g/mol. The molecule has 1 amide bonds. The van der Waals surface area contributed by atoms with Gasteiger partial charge in [0, 0.05) is 26.6 Å². The predicted molar refractivity (Wildman–Crippen MR) is 43.6 cm³/mol. The van der Waals surface area contributed by atoms with Crippen LogP contribution in [0.3, 0.4) is 0 Å². The van der Waals surface area contributed by atoms with E-state index in [-0.39, 0.29) is 5.91 Å². The van der Waals surface area contributed by atoms with Crippen LogP contribution in [0.5, 0.6) is 0 Å². The van der Waals surface area contributed by atoms with Crippen LogP contribution in [0.2, 0.25) is 0 Å². The summed E-state index contributed by atoms with van der Waals surface area (Å²) in [6.45, 7) is 2.94. The number of hydrogen-bond donors (Lipinski definition) is 4. The van der Waals surface area contributed by atoms with Crippen LogP contribution < -0.4 is 16.6 Å². The SMILES string of the molecule is CCC(=O)NNCCN.CO. The molecule has 0 radical (unpaired) electrons. The van der Waals surface area contributed by atoms with Gasteiger partial charge < -0.3 is 10.8 Å². The number of carbonyl (C=O) groups excluding carboxylic acids is 1. The molecule has 11 heavy (non-hydrogen) atoms. The Hall–Kier alpha value is -0.650. The highest BCUT2D eigenvalue weighted by Crippen LogP contribution is 1.69. The van der Waals surface area contributed by atoms with Crippen molar-refractivity contribution in [2.45, 2.75) is 13.3 Å². The average Bonchev–Trinajstić information content (AvgIpc) is 2.08. The van der Waals surface area contributed by atoms with Gasteiger partial charge in [-0.15, -0.1) is 0 Å². The van der Waals surface area contributed by atoms with Gasteiger partial charge in [-0.2, -0.15) is 0 Å². The van der Waals surface area contributed by atoms with E-state index in [2.05, 4.69) is 10.9 Å². The molecular weight excluding hydrogens is 146 g/mol. The van der Waals surface area contributed by atoms with Gasteiger partial charge in [0.25, 0.3) is 0 Å². The maximum atomic E-state index is 10.5. The molecule has 5 nitrogen and oxygen atoms in total. The van der Waals surface area contributed by atoms with E-state index in [1.807, 2.05) is 0 Å². The number of nitrogens with one attached hydrogen (secondary N) is 2. The third-order valence-electron chi connectivity index (χ3n) is 0.818. The number of aliphatic hydroxyl groups excluding tert-OH is 1. The Balaban J connectivity index is 0. The van der Waals surface area contributed by atoms with Crippen LogP contribution >= 0.6 is 0 Å². The van der Waals surface area contributed by atoms with Crippen molar-refractivity contribution in [2.24, 2.45) is 5.73 Å². The molecule has 0 atom stereocenters. The smallest absolute Gasteiger partial charge is 0.233 e. The molecule has 5 heteroatoms. The van der Waals surface area contributed by atoms with Gasteiger partial charge in [0.2, 0.25) is 5.91 Å². The third-order valence-corrected chi connectivity index (χ3v) is 0.818. The molecule has 0 aromatic carbocycles. The van der Waals surface area contributed by atoms with Crippen molar-refractivity contribution < 1.29 is 9.90 Å². The van der Waals surface area contributed by atoms with E-state index in [0.717, 1.165) is 7.11 Å². The van der Waals surface area contributed by atoms with E-state index in [4.69, 9.17) is 10.8 Å². The summed E-state index contributed by atoms with van der Waals surface area (Å²) in [6.07, 6.45) is 0.498. The third kappa shape index (κ3) is 12.5. The van der Waals surface area contributed by atoms with Gasteiger partial charge in [0.1, 0.15) is 0 Å². The second kappa shape index (κ2) is 12.1. The highest BCUT2D eigenvalue weighted by Gasteiger charge is 1.91. The Morgan fingerprint density at radius 2 is 2.09 bits per heavy atom. The molecule has 0 aliphatic heterocycles. The van der Waals surface area contributed by atoms with E-state index >= 15 is 0 Å². The zero-order valence-corrected chi connectivity index (χ0v) is 7.05.